The van der Waals surface area contributed by atoms with E-state index >= 15 is 0 Å². The lowest BCUT2D eigenvalue weighted by molar-refractivity contribution is -0.142. The van der Waals surface area contributed by atoms with Crippen LogP contribution in [0.15, 0.2) is 60.7 Å². The Bertz CT molecular complexity index is 1210. The molecule has 0 aliphatic carbocycles. The van der Waals surface area contributed by atoms with Crippen molar-refractivity contribution in [1.29, 1.82) is 0 Å². The number of aryl methyl sites for hydroxylation is 1. The van der Waals surface area contributed by atoms with Crippen molar-refractivity contribution in [1.82, 2.24) is 10.2 Å². The molecule has 3 rings (SSSR count). The maximum atomic E-state index is 13.0. The van der Waals surface area contributed by atoms with Gasteiger partial charge in [-0.2, -0.15) is 0 Å². The molecule has 0 fully saturated rings. The van der Waals surface area contributed by atoms with Gasteiger partial charge in [0.25, 0.3) is 0 Å². The van der Waals surface area contributed by atoms with E-state index in [1.54, 1.807) is 25.0 Å². The minimum Gasteiger partial charge on any atom is -0.496 e. The van der Waals surface area contributed by atoms with Gasteiger partial charge in [0.05, 0.1) is 20.1 Å². The van der Waals surface area contributed by atoms with E-state index in [4.69, 9.17) is 21.1 Å². The highest BCUT2D eigenvalue weighted by Crippen LogP contribution is 2.34. The van der Waals surface area contributed by atoms with Gasteiger partial charge in [-0.05, 0) is 67.3 Å². The van der Waals surface area contributed by atoms with Crippen LogP contribution in [0.5, 0.6) is 5.75 Å². The van der Waals surface area contributed by atoms with E-state index in [1.807, 2.05) is 62.4 Å². The van der Waals surface area contributed by atoms with E-state index in [0.29, 0.717) is 37.0 Å². The van der Waals surface area contributed by atoms with Gasteiger partial charge >= 0.3 is 12.0 Å². The van der Waals surface area contributed by atoms with Gasteiger partial charge < -0.3 is 19.7 Å². The lowest BCUT2D eigenvalue weighted by Gasteiger charge is -2.24. The first-order valence-electron chi connectivity index (χ1n) is 12.0. The monoisotopic (exact) mass is 508 g/mol. The molecule has 0 saturated carbocycles. The van der Waals surface area contributed by atoms with Crippen LogP contribution in [0.2, 0.25) is 5.02 Å². The summed E-state index contributed by atoms with van der Waals surface area (Å²) in [5.74, 6) is 0.424. The predicted molar refractivity (Wildman–Crippen MR) is 143 cm³/mol. The zero-order chi connectivity index (χ0) is 26.1. The predicted octanol–water partition coefficient (Wildman–Crippen LogP) is 6.16. The highest BCUT2D eigenvalue weighted by atomic mass is 35.5. The Labute approximate surface area is 218 Å². The Morgan fingerprint density at radius 3 is 2.47 bits per heavy atom. The fourth-order valence-corrected chi connectivity index (χ4v) is 4.25. The summed E-state index contributed by atoms with van der Waals surface area (Å²) in [5, 5.41) is 3.63. The summed E-state index contributed by atoms with van der Waals surface area (Å²) in [6, 6.07) is 19.1. The third-order valence-electron chi connectivity index (χ3n) is 5.83. The standard InChI is InChI=1S/C29H33ClN2O4/c1-5-32(29(34)31-18-22-8-7-9-24(30)15-22)19-23-14-20(3)10-12-25(23)26-16-21(11-13-27(26)35-4)17-28(33)36-6-2/h7-16H,5-6,17-19H2,1-4H3,(H,31,34). The molecule has 0 saturated heterocycles. The molecule has 3 aromatic rings. The molecule has 0 unspecified atom stereocenters. The Morgan fingerprint density at radius 1 is 0.972 bits per heavy atom. The van der Waals surface area contributed by atoms with E-state index in [1.165, 1.54) is 0 Å². The van der Waals surface area contributed by atoms with E-state index in [9.17, 15) is 9.59 Å². The molecule has 3 aromatic carbocycles. The molecule has 0 aliphatic rings. The molecule has 6 nitrogen and oxygen atoms in total. The van der Waals surface area contributed by atoms with Crippen molar-refractivity contribution in [2.75, 3.05) is 20.3 Å². The van der Waals surface area contributed by atoms with Gasteiger partial charge in [0.15, 0.2) is 0 Å². The Balaban J connectivity index is 1.87. The topological polar surface area (TPSA) is 67.9 Å². The summed E-state index contributed by atoms with van der Waals surface area (Å²) in [6.07, 6.45) is 0.180. The van der Waals surface area contributed by atoms with Crippen molar-refractivity contribution >= 4 is 23.6 Å². The molecule has 0 spiro atoms. The van der Waals surface area contributed by atoms with Gasteiger partial charge in [0, 0.05) is 30.2 Å². The number of urea groups is 1. The van der Waals surface area contributed by atoms with E-state index in [2.05, 4.69) is 11.4 Å². The number of carbonyl (C=O) groups is 2. The van der Waals surface area contributed by atoms with Crippen LogP contribution < -0.4 is 10.1 Å². The molecular weight excluding hydrogens is 476 g/mol. The van der Waals surface area contributed by atoms with Crippen LogP contribution in [0, 0.1) is 6.92 Å². The highest BCUT2D eigenvalue weighted by molar-refractivity contribution is 6.30. The third-order valence-corrected chi connectivity index (χ3v) is 6.07. The second kappa shape index (κ2) is 13.0. The minimum absolute atomic E-state index is 0.159. The number of hydrogen-bond donors (Lipinski definition) is 1. The Hall–Kier alpha value is -3.51. The molecule has 0 radical (unpaired) electrons. The number of hydrogen-bond acceptors (Lipinski definition) is 4. The zero-order valence-corrected chi connectivity index (χ0v) is 22.0. The molecular formula is C29H33ClN2O4. The summed E-state index contributed by atoms with van der Waals surface area (Å²) in [7, 11) is 1.62. The SMILES string of the molecule is CCOC(=O)Cc1ccc(OC)c(-c2ccc(C)cc2CN(CC)C(=O)NCc2cccc(Cl)c2)c1. The molecule has 2 amide bonds. The second-order valence-electron chi connectivity index (χ2n) is 8.48. The molecule has 0 bridgehead atoms. The lowest BCUT2D eigenvalue weighted by atomic mass is 9.94. The third kappa shape index (κ3) is 7.25. The number of rotatable bonds is 10. The van der Waals surface area contributed by atoms with Gasteiger partial charge in [-0.1, -0.05) is 53.6 Å². The number of methoxy groups -OCH3 is 1. The van der Waals surface area contributed by atoms with E-state index < -0.39 is 0 Å². The first-order valence-corrected chi connectivity index (χ1v) is 12.4. The fourth-order valence-electron chi connectivity index (χ4n) is 4.04. The van der Waals surface area contributed by atoms with Gasteiger partial charge in [-0.15, -0.1) is 0 Å². The van der Waals surface area contributed by atoms with Crippen molar-refractivity contribution in [3.05, 3.63) is 87.9 Å². The molecule has 190 valence electrons. The van der Waals surface area contributed by atoms with Crippen molar-refractivity contribution in [2.24, 2.45) is 0 Å². The molecule has 0 aliphatic heterocycles. The van der Waals surface area contributed by atoms with Crippen LogP contribution in [0.25, 0.3) is 11.1 Å². The first kappa shape index (κ1) is 27.1. The van der Waals surface area contributed by atoms with Gasteiger partial charge in [-0.25, -0.2) is 4.79 Å². The minimum atomic E-state index is -0.272. The molecule has 0 aromatic heterocycles. The van der Waals surface area contributed by atoms with Crippen LogP contribution in [-0.4, -0.2) is 37.2 Å². The Kier molecular flexibility index (Phi) is 9.77. The van der Waals surface area contributed by atoms with Crippen LogP contribution in [0.4, 0.5) is 4.79 Å². The van der Waals surface area contributed by atoms with Gasteiger partial charge in [-0.3, -0.25) is 4.79 Å². The highest BCUT2D eigenvalue weighted by Gasteiger charge is 2.18. The van der Waals surface area contributed by atoms with Crippen molar-refractivity contribution in [3.8, 4) is 16.9 Å². The molecule has 0 atom stereocenters. The number of esters is 1. The van der Waals surface area contributed by atoms with Crippen LogP contribution in [0.3, 0.4) is 0 Å². The zero-order valence-electron chi connectivity index (χ0n) is 21.3. The smallest absolute Gasteiger partial charge is 0.317 e. The lowest BCUT2D eigenvalue weighted by Crippen LogP contribution is -2.39. The van der Waals surface area contributed by atoms with Crippen molar-refractivity contribution in [3.63, 3.8) is 0 Å². The largest absolute Gasteiger partial charge is 0.496 e. The average molecular weight is 509 g/mol. The van der Waals surface area contributed by atoms with E-state index in [-0.39, 0.29) is 18.4 Å². The summed E-state index contributed by atoms with van der Waals surface area (Å²) in [4.78, 5) is 26.9. The molecule has 0 heterocycles. The number of halogens is 1. The fraction of sp³-hybridized carbons (Fsp3) is 0.310. The van der Waals surface area contributed by atoms with Crippen LogP contribution in [-0.2, 0) is 29.0 Å². The maximum absolute atomic E-state index is 13.0. The number of carbonyl (C=O) groups excluding carboxylic acids is 2. The first-order chi connectivity index (χ1) is 17.3. The molecule has 36 heavy (non-hydrogen) atoms. The Morgan fingerprint density at radius 2 is 1.78 bits per heavy atom. The number of nitrogens with zero attached hydrogens (tertiary/aromatic N) is 1. The van der Waals surface area contributed by atoms with Gasteiger partial charge in [0.2, 0.25) is 0 Å². The number of ether oxygens (including phenoxy) is 2. The van der Waals surface area contributed by atoms with Crippen LogP contribution in [0.1, 0.15) is 36.1 Å². The number of amides is 2. The summed E-state index contributed by atoms with van der Waals surface area (Å²) in [6.45, 7) is 7.46. The second-order valence-corrected chi connectivity index (χ2v) is 8.92. The van der Waals surface area contributed by atoms with Crippen molar-refractivity contribution in [2.45, 2.75) is 40.3 Å². The molecule has 7 heteroatoms. The number of benzene rings is 3. The summed E-state index contributed by atoms with van der Waals surface area (Å²) >= 11 is 6.07. The summed E-state index contributed by atoms with van der Waals surface area (Å²) < 4.78 is 10.8. The normalized spacial score (nSPS) is 10.6. The van der Waals surface area contributed by atoms with Crippen molar-refractivity contribution < 1.29 is 19.1 Å². The van der Waals surface area contributed by atoms with Gasteiger partial charge in [0.1, 0.15) is 5.75 Å². The number of nitrogens with one attached hydrogen (secondary N) is 1. The van der Waals surface area contributed by atoms with E-state index in [0.717, 1.165) is 33.4 Å². The quantitative estimate of drug-likeness (QED) is 0.333. The molecule has 1 N–H and O–H groups in total. The summed E-state index contributed by atoms with van der Waals surface area (Å²) in [5.41, 5.74) is 5.66. The maximum Gasteiger partial charge on any atom is 0.317 e. The average Bonchev–Trinajstić information content (AvgIpc) is 2.86. The van der Waals surface area contributed by atoms with Crippen LogP contribution >= 0.6 is 11.6 Å².